The van der Waals surface area contributed by atoms with Gasteiger partial charge in [0.1, 0.15) is 17.8 Å². The Labute approximate surface area is 128 Å². The van der Waals surface area contributed by atoms with Crippen molar-refractivity contribution >= 4 is 17.9 Å². The van der Waals surface area contributed by atoms with Crippen molar-refractivity contribution in [1.29, 1.82) is 0 Å². The van der Waals surface area contributed by atoms with Crippen LogP contribution < -0.4 is 5.32 Å². The molecule has 122 valence electrons. The standard InChI is InChI=1S/C15H12F4N2O2/c1-21-8-9(4-5-22)6-13(21)14(23)20-10-2-3-12(16)11(7-10)15(17,18)19/h2-3,5-8H,4H2,1H3,(H,20,23). The molecule has 0 atom stereocenters. The number of hydrogen-bond acceptors (Lipinski definition) is 2. The van der Waals surface area contributed by atoms with Gasteiger partial charge in [0.2, 0.25) is 0 Å². The number of aldehydes is 1. The molecule has 23 heavy (non-hydrogen) atoms. The van der Waals surface area contributed by atoms with Gasteiger partial charge < -0.3 is 14.7 Å². The zero-order valence-electron chi connectivity index (χ0n) is 11.9. The third-order valence-corrected chi connectivity index (χ3v) is 3.14. The first-order valence-electron chi connectivity index (χ1n) is 6.49. The molecule has 0 unspecified atom stereocenters. The number of carbonyl (C=O) groups excluding carboxylic acids is 2. The quantitative estimate of drug-likeness (QED) is 0.692. The molecule has 0 saturated heterocycles. The Hall–Kier alpha value is -2.64. The molecule has 1 aromatic carbocycles. The summed E-state index contributed by atoms with van der Waals surface area (Å²) in [7, 11) is 1.56. The van der Waals surface area contributed by atoms with Crippen molar-refractivity contribution in [2.45, 2.75) is 12.6 Å². The van der Waals surface area contributed by atoms with Crippen LogP contribution in [0.1, 0.15) is 21.6 Å². The number of aromatic nitrogens is 1. The molecule has 0 fully saturated rings. The highest BCUT2D eigenvalue weighted by molar-refractivity contribution is 6.03. The Morgan fingerprint density at radius 2 is 2.00 bits per heavy atom. The summed E-state index contributed by atoms with van der Waals surface area (Å²) in [6.07, 6.45) is -2.50. The van der Waals surface area contributed by atoms with Crippen LogP contribution in [0.25, 0.3) is 0 Å². The number of nitrogens with zero attached hydrogens (tertiary/aromatic N) is 1. The summed E-state index contributed by atoms with van der Waals surface area (Å²) in [6.45, 7) is 0. The van der Waals surface area contributed by atoms with Gasteiger partial charge in [0.05, 0.1) is 5.56 Å². The van der Waals surface area contributed by atoms with Gasteiger partial charge in [0.25, 0.3) is 5.91 Å². The molecule has 8 heteroatoms. The van der Waals surface area contributed by atoms with Crippen LogP contribution in [0.2, 0.25) is 0 Å². The van der Waals surface area contributed by atoms with E-state index in [1.165, 1.54) is 10.6 Å². The molecule has 1 heterocycles. The van der Waals surface area contributed by atoms with E-state index in [9.17, 15) is 27.2 Å². The number of halogens is 4. The lowest BCUT2D eigenvalue weighted by molar-refractivity contribution is -0.139. The van der Waals surface area contributed by atoms with E-state index >= 15 is 0 Å². The molecular weight excluding hydrogens is 316 g/mol. The topological polar surface area (TPSA) is 51.1 Å². The number of amides is 1. The molecule has 0 aliphatic heterocycles. The summed E-state index contributed by atoms with van der Waals surface area (Å²) in [6, 6.07) is 3.67. The predicted octanol–water partition coefficient (Wildman–Crippen LogP) is 3.18. The van der Waals surface area contributed by atoms with E-state index in [0.29, 0.717) is 24.0 Å². The zero-order valence-corrected chi connectivity index (χ0v) is 11.9. The average molecular weight is 328 g/mol. The molecule has 0 aliphatic rings. The minimum atomic E-state index is -4.85. The maximum atomic E-state index is 13.2. The SMILES string of the molecule is Cn1cc(CC=O)cc1C(=O)Nc1ccc(F)c(C(F)(F)F)c1. The molecule has 4 nitrogen and oxygen atoms in total. The number of carbonyl (C=O) groups is 2. The number of benzene rings is 1. The van der Waals surface area contributed by atoms with Crippen LogP contribution in [0.4, 0.5) is 23.2 Å². The van der Waals surface area contributed by atoms with E-state index in [1.54, 1.807) is 13.2 Å². The summed E-state index contributed by atoms with van der Waals surface area (Å²) in [4.78, 5) is 22.6. The summed E-state index contributed by atoms with van der Waals surface area (Å²) in [5.41, 5.74) is -0.867. The Morgan fingerprint density at radius 3 is 2.61 bits per heavy atom. The normalized spacial score (nSPS) is 11.3. The zero-order chi connectivity index (χ0) is 17.2. The van der Waals surface area contributed by atoms with E-state index in [1.807, 2.05) is 0 Å². The minimum Gasteiger partial charge on any atom is -0.346 e. The lowest BCUT2D eigenvalue weighted by Crippen LogP contribution is -2.16. The largest absolute Gasteiger partial charge is 0.419 e. The minimum absolute atomic E-state index is 0.121. The highest BCUT2D eigenvalue weighted by Crippen LogP contribution is 2.33. The van der Waals surface area contributed by atoms with E-state index < -0.39 is 23.5 Å². The van der Waals surface area contributed by atoms with Crippen molar-refractivity contribution in [3.05, 3.63) is 53.1 Å². The summed E-state index contributed by atoms with van der Waals surface area (Å²) < 4.78 is 52.6. The van der Waals surface area contributed by atoms with Gasteiger partial charge in [-0.05, 0) is 29.8 Å². The second-order valence-electron chi connectivity index (χ2n) is 4.86. The molecule has 1 amide bonds. The summed E-state index contributed by atoms with van der Waals surface area (Å²) in [5.74, 6) is -2.08. The number of hydrogen-bond donors (Lipinski definition) is 1. The molecule has 2 rings (SSSR count). The van der Waals surface area contributed by atoms with Crippen molar-refractivity contribution in [2.75, 3.05) is 5.32 Å². The maximum Gasteiger partial charge on any atom is 0.419 e. The Kier molecular flexibility index (Phi) is 4.53. The van der Waals surface area contributed by atoms with Gasteiger partial charge in [-0.15, -0.1) is 0 Å². The molecular formula is C15H12F4N2O2. The first-order valence-corrected chi connectivity index (χ1v) is 6.49. The monoisotopic (exact) mass is 328 g/mol. The highest BCUT2D eigenvalue weighted by Gasteiger charge is 2.34. The molecule has 0 spiro atoms. The Balaban J connectivity index is 2.25. The van der Waals surface area contributed by atoms with Crippen molar-refractivity contribution in [3.63, 3.8) is 0 Å². The van der Waals surface area contributed by atoms with Crippen molar-refractivity contribution in [1.82, 2.24) is 4.57 Å². The molecule has 1 N–H and O–H groups in total. The maximum absolute atomic E-state index is 13.2. The van der Waals surface area contributed by atoms with Crippen LogP contribution in [-0.4, -0.2) is 16.8 Å². The fourth-order valence-electron chi connectivity index (χ4n) is 2.08. The predicted molar refractivity (Wildman–Crippen MR) is 74.5 cm³/mol. The molecule has 2 aromatic rings. The van der Waals surface area contributed by atoms with Crippen molar-refractivity contribution < 1.29 is 27.2 Å². The number of aryl methyl sites for hydroxylation is 1. The first kappa shape index (κ1) is 16.7. The first-order chi connectivity index (χ1) is 10.7. The highest BCUT2D eigenvalue weighted by atomic mass is 19.4. The smallest absolute Gasteiger partial charge is 0.346 e. The Morgan fingerprint density at radius 1 is 1.30 bits per heavy atom. The van der Waals surface area contributed by atoms with Crippen LogP contribution in [0, 0.1) is 5.82 Å². The van der Waals surface area contributed by atoms with Gasteiger partial charge in [0.15, 0.2) is 0 Å². The number of anilines is 1. The second kappa shape index (κ2) is 6.23. The van der Waals surface area contributed by atoms with Crippen molar-refractivity contribution in [3.8, 4) is 0 Å². The fraction of sp³-hybridized carbons (Fsp3) is 0.200. The second-order valence-corrected chi connectivity index (χ2v) is 4.86. The van der Waals surface area contributed by atoms with Gasteiger partial charge >= 0.3 is 6.18 Å². The van der Waals surface area contributed by atoms with Gasteiger partial charge in [-0.1, -0.05) is 0 Å². The third kappa shape index (κ3) is 3.77. The lowest BCUT2D eigenvalue weighted by Gasteiger charge is -2.11. The number of nitrogens with one attached hydrogen (secondary N) is 1. The van der Waals surface area contributed by atoms with Gasteiger partial charge in [-0.3, -0.25) is 4.79 Å². The summed E-state index contributed by atoms with van der Waals surface area (Å²) in [5, 5.41) is 2.28. The Bertz CT molecular complexity index is 750. The number of alkyl halides is 3. The van der Waals surface area contributed by atoms with Crippen molar-refractivity contribution in [2.24, 2.45) is 7.05 Å². The van der Waals surface area contributed by atoms with E-state index in [2.05, 4.69) is 5.32 Å². The molecule has 0 saturated carbocycles. The van der Waals surface area contributed by atoms with Gasteiger partial charge in [0, 0.05) is 25.4 Å². The summed E-state index contributed by atoms with van der Waals surface area (Å²) >= 11 is 0. The van der Waals surface area contributed by atoms with Crippen LogP contribution in [-0.2, 0) is 24.4 Å². The lowest BCUT2D eigenvalue weighted by atomic mass is 10.1. The molecule has 0 bridgehead atoms. The average Bonchev–Trinajstić information content (AvgIpc) is 2.81. The number of rotatable bonds is 4. The fourth-order valence-corrected chi connectivity index (χ4v) is 2.08. The van der Waals surface area contributed by atoms with E-state index in [0.717, 1.165) is 6.07 Å². The van der Waals surface area contributed by atoms with E-state index in [-0.39, 0.29) is 17.8 Å². The van der Waals surface area contributed by atoms with Crippen LogP contribution >= 0.6 is 0 Å². The van der Waals surface area contributed by atoms with Crippen LogP contribution in [0.3, 0.4) is 0 Å². The molecule has 0 aliphatic carbocycles. The third-order valence-electron chi connectivity index (χ3n) is 3.14. The molecule has 0 radical (unpaired) electrons. The van der Waals surface area contributed by atoms with Gasteiger partial charge in [-0.25, -0.2) is 4.39 Å². The van der Waals surface area contributed by atoms with Gasteiger partial charge in [-0.2, -0.15) is 13.2 Å². The van der Waals surface area contributed by atoms with Crippen LogP contribution in [0.5, 0.6) is 0 Å². The van der Waals surface area contributed by atoms with Crippen LogP contribution in [0.15, 0.2) is 30.5 Å². The van der Waals surface area contributed by atoms with E-state index in [4.69, 9.17) is 0 Å². The molecule has 1 aromatic heterocycles.